The first kappa shape index (κ1) is 21.1. The van der Waals surface area contributed by atoms with Crippen molar-refractivity contribution in [2.45, 2.75) is 38.3 Å². The zero-order chi connectivity index (χ0) is 22.2. The maximum Gasteiger partial charge on any atom is 0.254 e. The molecule has 2 fully saturated rings. The molecule has 166 valence electrons. The van der Waals surface area contributed by atoms with Crippen LogP contribution in [0, 0.1) is 12.7 Å². The van der Waals surface area contributed by atoms with Crippen LogP contribution in [0.25, 0.3) is 11.4 Å². The highest BCUT2D eigenvalue weighted by Gasteiger charge is 2.36. The number of nitrogens with one attached hydrogen (secondary N) is 2. The topological polar surface area (TPSA) is 83.3 Å². The maximum atomic E-state index is 14.1. The van der Waals surface area contributed by atoms with Gasteiger partial charge in [0.25, 0.3) is 5.91 Å². The van der Waals surface area contributed by atoms with Crippen LogP contribution in [0.3, 0.4) is 0 Å². The average Bonchev–Trinajstić information content (AvgIpc) is 3.56. The molecule has 1 unspecified atom stereocenters. The largest absolute Gasteiger partial charge is 0.337 e. The van der Waals surface area contributed by atoms with Crippen molar-refractivity contribution < 1.29 is 13.7 Å². The third-order valence-corrected chi connectivity index (χ3v) is 6.61. The maximum absolute atomic E-state index is 14.1. The second kappa shape index (κ2) is 8.61. The molecule has 0 radical (unpaired) electrons. The molecule has 32 heavy (non-hydrogen) atoms. The lowest BCUT2D eigenvalue weighted by molar-refractivity contribution is 0.0707. The molecule has 2 aromatic carbocycles. The van der Waals surface area contributed by atoms with Crippen LogP contribution in [-0.2, 0) is 0 Å². The lowest BCUT2D eigenvalue weighted by atomic mass is 9.97. The fourth-order valence-electron chi connectivity index (χ4n) is 4.49. The van der Waals surface area contributed by atoms with Gasteiger partial charge in [-0.3, -0.25) is 15.6 Å². The van der Waals surface area contributed by atoms with Crippen LogP contribution in [0.2, 0.25) is 5.02 Å². The quantitative estimate of drug-likeness (QED) is 0.608. The van der Waals surface area contributed by atoms with Crippen LogP contribution in [0.4, 0.5) is 4.39 Å². The van der Waals surface area contributed by atoms with Crippen LogP contribution in [-0.4, -0.2) is 34.0 Å². The minimum Gasteiger partial charge on any atom is -0.337 e. The van der Waals surface area contributed by atoms with Gasteiger partial charge in [0.15, 0.2) is 0 Å². The minimum atomic E-state index is -0.435. The molecule has 3 aromatic rings. The Labute approximate surface area is 189 Å². The molecule has 2 saturated heterocycles. The van der Waals surface area contributed by atoms with E-state index in [2.05, 4.69) is 21.0 Å². The van der Waals surface area contributed by atoms with Crippen LogP contribution >= 0.6 is 11.6 Å². The predicted molar refractivity (Wildman–Crippen MR) is 117 cm³/mol. The van der Waals surface area contributed by atoms with E-state index >= 15 is 0 Å². The Morgan fingerprint density at radius 1 is 1.28 bits per heavy atom. The van der Waals surface area contributed by atoms with Gasteiger partial charge in [-0.05, 0) is 55.5 Å². The zero-order valence-electron chi connectivity index (χ0n) is 17.6. The Morgan fingerprint density at radius 2 is 2.16 bits per heavy atom. The third-order valence-electron chi connectivity index (χ3n) is 6.20. The molecule has 7 nitrogen and oxygen atoms in total. The number of halogens is 2. The Bertz CT molecular complexity index is 1160. The van der Waals surface area contributed by atoms with Gasteiger partial charge in [0.05, 0.1) is 0 Å². The minimum absolute atomic E-state index is 0.0450. The van der Waals surface area contributed by atoms with Crippen molar-refractivity contribution in [2.75, 3.05) is 13.1 Å². The van der Waals surface area contributed by atoms with E-state index in [1.165, 1.54) is 12.1 Å². The zero-order valence-corrected chi connectivity index (χ0v) is 18.3. The summed E-state index contributed by atoms with van der Waals surface area (Å²) in [5, 5.41) is 4.76. The first-order valence-corrected chi connectivity index (χ1v) is 11.1. The van der Waals surface area contributed by atoms with Crippen molar-refractivity contribution in [1.82, 2.24) is 25.9 Å². The van der Waals surface area contributed by atoms with Crippen molar-refractivity contribution in [3.63, 3.8) is 0 Å². The number of carbonyl (C=O) groups excluding carboxylic acids is 1. The summed E-state index contributed by atoms with van der Waals surface area (Å²) < 4.78 is 19.7. The molecule has 0 aliphatic carbocycles. The Morgan fingerprint density at radius 3 is 2.97 bits per heavy atom. The molecule has 2 atom stereocenters. The molecule has 3 heterocycles. The van der Waals surface area contributed by atoms with Crippen molar-refractivity contribution in [3.05, 3.63) is 69.8 Å². The summed E-state index contributed by atoms with van der Waals surface area (Å²) in [6.45, 7) is 3.23. The number of amides is 1. The molecular weight excluding hydrogens is 433 g/mol. The Balaban J connectivity index is 1.45. The summed E-state index contributed by atoms with van der Waals surface area (Å²) in [4.78, 5) is 19.8. The van der Waals surface area contributed by atoms with E-state index in [9.17, 15) is 9.18 Å². The number of likely N-dealkylation sites (tertiary alicyclic amines) is 1. The number of hydrazine groups is 1. The van der Waals surface area contributed by atoms with Gasteiger partial charge in [-0.2, -0.15) is 4.98 Å². The summed E-state index contributed by atoms with van der Waals surface area (Å²) >= 11 is 6.23. The number of rotatable bonds is 4. The van der Waals surface area contributed by atoms with Crippen molar-refractivity contribution in [2.24, 2.45) is 0 Å². The van der Waals surface area contributed by atoms with E-state index in [0.717, 1.165) is 36.1 Å². The highest BCUT2D eigenvalue weighted by atomic mass is 35.5. The summed E-state index contributed by atoms with van der Waals surface area (Å²) in [7, 11) is 0. The van der Waals surface area contributed by atoms with Gasteiger partial charge in [-0.1, -0.05) is 35.0 Å². The molecule has 0 saturated carbocycles. The summed E-state index contributed by atoms with van der Waals surface area (Å²) in [5.74, 6) is 0.153. The normalized spacial score (nSPS) is 20.8. The highest BCUT2D eigenvalue weighted by Crippen LogP contribution is 2.35. The molecule has 2 aliphatic rings. The van der Waals surface area contributed by atoms with Gasteiger partial charge < -0.3 is 9.42 Å². The van der Waals surface area contributed by atoms with Gasteiger partial charge in [-0.15, -0.1) is 0 Å². The number of nitrogens with zero attached hydrogens (tertiary/aromatic N) is 3. The molecule has 1 amide bonds. The fourth-order valence-corrected chi connectivity index (χ4v) is 4.66. The van der Waals surface area contributed by atoms with E-state index in [4.69, 9.17) is 16.1 Å². The Kier molecular flexibility index (Phi) is 5.67. The molecule has 0 spiro atoms. The molecule has 9 heteroatoms. The second-order valence-electron chi connectivity index (χ2n) is 8.17. The van der Waals surface area contributed by atoms with E-state index in [1.54, 1.807) is 11.0 Å². The van der Waals surface area contributed by atoms with Crippen molar-refractivity contribution >= 4 is 17.5 Å². The number of hydrogen-bond donors (Lipinski definition) is 2. The molecule has 1 aromatic heterocycles. The average molecular weight is 456 g/mol. The molecule has 2 N–H and O–H groups in total. The number of carbonyl (C=O) groups is 1. The van der Waals surface area contributed by atoms with Gasteiger partial charge >= 0.3 is 0 Å². The number of hydrogen-bond acceptors (Lipinski definition) is 6. The monoisotopic (exact) mass is 455 g/mol. The third kappa shape index (κ3) is 3.79. The standard InChI is InChI=1S/C23H23ClFN5O2/c1-13-15(4-2-5-18(13)24)21-27-22(32-29-21)20-6-3-11-30(20)23(31)17-12-14(25)7-8-16(17)19-9-10-26-28-19/h2,4-5,7-8,12,19-20,26,28H,3,6,9-11H2,1H3/t19?,20-/m0/s1. The first-order chi connectivity index (χ1) is 15.5. The van der Waals surface area contributed by atoms with Gasteiger partial charge in [0.1, 0.15) is 11.9 Å². The fraction of sp³-hybridized carbons (Fsp3) is 0.348. The second-order valence-corrected chi connectivity index (χ2v) is 8.58. The van der Waals surface area contributed by atoms with Gasteiger partial charge in [0, 0.05) is 35.3 Å². The van der Waals surface area contributed by atoms with E-state index in [-0.39, 0.29) is 18.0 Å². The predicted octanol–water partition coefficient (Wildman–Crippen LogP) is 4.35. The SMILES string of the molecule is Cc1c(Cl)cccc1-c1noc([C@@H]2CCCN2C(=O)c2cc(F)ccc2C2CCNN2)n1. The van der Waals surface area contributed by atoms with E-state index < -0.39 is 5.82 Å². The molecule has 0 bridgehead atoms. The van der Waals surface area contributed by atoms with Crippen molar-refractivity contribution in [3.8, 4) is 11.4 Å². The number of aromatic nitrogens is 2. The van der Waals surface area contributed by atoms with Crippen LogP contribution in [0.15, 0.2) is 40.9 Å². The van der Waals surface area contributed by atoms with E-state index in [1.807, 2.05) is 25.1 Å². The molecule has 5 rings (SSSR count). The lowest BCUT2D eigenvalue weighted by Gasteiger charge is -2.24. The van der Waals surface area contributed by atoms with Crippen LogP contribution in [0.1, 0.15) is 58.7 Å². The summed E-state index contributed by atoms with van der Waals surface area (Å²) in [5.41, 5.74) is 9.03. The van der Waals surface area contributed by atoms with Gasteiger partial charge in [0.2, 0.25) is 11.7 Å². The first-order valence-electron chi connectivity index (χ1n) is 10.7. The summed E-state index contributed by atoms with van der Waals surface area (Å²) in [6.07, 6.45) is 2.33. The smallest absolute Gasteiger partial charge is 0.254 e. The highest BCUT2D eigenvalue weighted by molar-refractivity contribution is 6.31. The van der Waals surface area contributed by atoms with Crippen LogP contribution in [0.5, 0.6) is 0 Å². The van der Waals surface area contributed by atoms with Gasteiger partial charge in [-0.25, -0.2) is 4.39 Å². The summed E-state index contributed by atoms with van der Waals surface area (Å²) in [6, 6.07) is 9.53. The number of benzene rings is 2. The molecular formula is C23H23ClFN5O2. The molecule has 2 aliphatic heterocycles. The van der Waals surface area contributed by atoms with Crippen LogP contribution < -0.4 is 10.9 Å². The van der Waals surface area contributed by atoms with E-state index in [0.29, 0.717) is 35.3 Å². The van der Waals surface area contributed by atoms with Crippen molar-refractivity contribution in [1.29, 1.82) is 0 Å². The lowest BCUT2D eigenvalue weighted by Crippen LogP contribution is -2.33. The Hall–Kier alpha value is -2.81.